The Balaban J connectivity index is 1.93. The highest BCUT2D eigenvalue weighted by atomic mass is 32.1. The van der Waals surface area contributed by atoms with E-state index in [9.17, 15) is 4.79 Å². The van der Waals surface area contributed by atoms with Crippen LogP contribution in [0.25, 0.3) is 0 Å². The number of nitrogens with zero attached hydrogens (tertiary/aromatic N) is 1. The summed E-state index contributed by atoms with van der Waals surface area (Å²) >= 11 is 1.59. The zero-order valence-corrected chi connectivity index (χ0v) is 12.8. The molecule has 0 aliphatic carbocycles. The molecule has 112 valence electrons. The number of nitrogens with one attached hydrogen (secondary N) is 1. The topological polar surface area (TPSA) is 71.5 Å². The lowest BCUT2D eigenvalue weighted by atomic mass is 10.2. The summed E-state index contributed by atoms with van der Waals surface area (Å²) in [6.45, 7) is 4.91. The number of amides is 1. The van der Waals surface area contributed by atoms with Crippen molar-refractivity contribution in [2.45, 2.75) is 32.9 Å². The predicted octanol–water partition coefficient (Wildman–Crippen LogP) is 3.61. The Bertz CT molecular complexity index is 610. The fourth-order valence-electron chi connectivity index (χ4n) is 1.72. The van der Waals surface area contributed by atoms with E-state index in [4.69, 9.17) is 9.84 Å². The molecule has 0 atom stereocenters. The van der Waals surface area contributed by atoms with Gasteiger partial charge in [-0.1, -0.05) is 26.0 Å². The van der Waals surface area contributed by atoms with Gasteiger partial charge in [0, 0.05) is 11.9 Å². The second kappa shape index (κ2) is 7.08. The number of aromatic nitrogens is 1. The highest BCUT2D eigenvalue weighted by Gasteiger charge is 2.06. The number of benzene rings is 1. The zero-order chi connectivity index (χ0) is 15.2. The summed E-state index contributed by atoms with van der Waals surface area (Å²) in [6, 6.07) is 7.37. The van der Waals surface area contributed by atoms with Crippen LogP contribution < -0.4 is 10.1 Å². The van der Waals surface area contributed by atoms with E-state index in [1.807, 2.05) is 24.3 Å². The summed E-state index contributed by atoms with van der Waals surface area (Å²) in [7, 11) is 0. The van der Waals surface area contributed by atoms with Crippen molar-refractivity contribution >= 4 is 17.4 Å². The van der Waals surface area contributed by atoms with Crippen molar-refractivity contribution in [3.05, 3.63) is 45.9 Å². The first-order valence-corrected chi connectivity index (χ1v) is 7.55. The van der Waals surface area contributed by atoms with Crippen molar-refractivity contribution in [3.63, 3.8) is 0 Å². The molecular weight excluding hydrogens is 288 g/mol. The molecule has 2 N–H and O–H groups in total. The molecule has 0 aliphatic rings. The number of carbonyl (C=O) groups is 1. The first kappa shape index (κ1) is 15.3. The number of hydrogen-bond donors (Lipinski definition) is 2. The molecule has 0 aliphatic heterocycles. The van der Waals surface area contributed by atoms with Crippen molar-refractivity contribution in [2.75, 3.05) is 0 Å². The molecular formula is C15H18N2O3S. The Morgan fingerprint density at radius 2 is 2.29 bits per heavy atom. The van der Waals surface area contributed by atoms with Crippen LogP contribution in [-0.4, -0.2) is 16.2 Å². The molecule has 6 heteroatoms. The summed E-state index contributed by atoms with van der Waals surface area (Å²) in [5.41, 5.74) is 1.94. The van der Waals surface area contributed by atoms with Crippen molar-refractivity contribution in [1.29, 1.82) is 0 Å². The number of hydrogen-bond acceptors (Lipinski definition) is 4. The van der Waals surface area contributed by atoms with E-state index in [1.54, 1.807) is 11.3 Å². The van der Waals surface area contributed by atoms with Crippen molar-refractivity contribution in [2.24, 2.45) is 0 Å². The zero-order valence-electron chi connectivity index (χ0n) is 12.0. The van der Waals surface area contributed by atoms with Crippen LogP contribution in [0.1, 0.15) is 36.0 Å². The van der Waals surface area contributed by atoms with Gasteiger partial charge in [0.05, 0.1) is 5.69 Å². The van der Waals surface area contributed by atoms with E-state index < -0.39 is 6.09 Å². The number of thiazole rings is 1. The van der Waals surface area contributed by atoms with Gasteiger partial charge in [-0.25, -0.2) is 9.78 Å². The fraction of sp³-hybridized carbons (Fsp3) is 0.333. The minimum absolute atomic E-state index is 0.265. The predicted molar refractivity (Wildman–Crippen MR) is 81.8 cm³/mol. The summed E-state index contributed by atoms with van der Waals surface area (Å²) in [6.07, 6.45) is -1.04. The fourth-order valence-corrected chi connectivity index (χ4v) is 2.59. The molecule has 0 bridgehead atoms. The van der Waals surface area contributed by atoms with Crippen LogP contribution in [0.15, 0.2) is 29.6 Å². The van der Waals surface area contributed by atoms with Gasteiger partial charge in [-0.2, -0.15) is 0 Å². The number of carboxylic acid groups (broad SMARTS) is 1. The minimum atomic E-state index is -1.04. The first-order chi connectivity index (χ1) is 10.0. The summed E-state index contributed by atoms with van der Waals surface area (Å²) in [4.78, 5) is 15.0. The molecule has 0 radical (unpaired) electrons. The van der Waals surface area contributed by atoms with Gasteiger partial charge in [0.1, 0.15) is 17.4 Å². The smallest absolute Gasteiger partial charge is 0.404 e. The van der Waals surface area contributed by atoms with E-state index >= 15 is 0 Å². The third-order valence-corrected chi connectivity index (χ3v) is 3.71. The average Bonchev–Trinajstić information content (AvgIpc) is 2.92. The molecule has 2 aromatic rings. The van der Waals surface area contributed by atoms with Gasteiger partial charge < -0.3 is 15.2 Å². The Kier molecular flexibility index (Phi) is 5.16. The van der Waals surface area contributed by atoms with E-state index in [0.29, 0.717) is 18.3 Å². The Hall–Kier alpha value is -2.08. The minimum Gasteiger partial charge on any atom is -0.486 e. The lowest BCUT2D eigenvalue weighted by Gasteiger charge is -2.07. The molecule has 21 heavy (non-hydrogen) atoms. The second-order valence-electron chi connectivity index (χ2n) is 4.92. The molecule has 1 heterocycles. The van der Waals surface area contributed by atoms with Gasteiger partial charge in [0.25, 0.3) is 0 Å². The maximum Gasteiger partial charge on any atom is 0.404 e. The van der Waals surface area contributed by atoms with Crippen molar-refractivity contribution in [1.82, 2.24) is 10.3 Å². The largest absolute Gasteiger partial charge is 0.486 e. The molecule has 0 saturated heterocycles. The van der Waals surface area contributed by atoms with Crippen LogP contribution in [0.2, 0.25) is 0 Å². The molecule has 1 aromatic heterocycles. The van der Waals surface area contributed by atoms with Crippen LogP contribution in [0.3, 0.4) is 0 Å². The third kappa shape index (κ3) is 4.75. The van der Waals surface area contributed by atoms with E-state index in [0.717, 1.165) is 16.3 Å². The molecule has 0 unspecified atom stereocenters. The van der Waals surface area contributed by atoms with Crippen molar-refractivity contribution in [3.8, 4) is 5.75 Å². The van der Waals surface area contributed by atoms with Crippen LogP contribution >= 0.6 is 11.3 Å². The molecule has 1 amide bonds. The van der Waals surface area contributed by atoms with Gasteiger partial charge in [-0.15, -0.1) is 11.3 Å². The number of ether oxygens (including phenoxy) is 1. The van der Waals surface area contributed by atoms with Gasteiger partial charge in [-0.3, -0.25) is 0 Å². The van der Waals surface area contributed by atoms with Crippen LogP contribution in [0.4, 0.5) is 4.79 Å². The normalized spacial score (nSPS) is 10.6. The monoisotopic (exact) mass is 306 g/mol. The Labute approximate surface area is 127 Å². The SMILES string of the molecule is CC(C)c1csc(COc2cccc(CNC(=O)O)c2)n1. The summed E-state index contributed by atoms with van der Waals surface area (Å²) in [5, 5.41) is 13.9. The second-order valence-corrected chi connectivity index (χ2v) is 5.86. The van der Waals surface area contributed by atoms with Gasteiger partial charge >= 0.3 is 6.09 Å². The maximum atomic E-state index is 10.5. The van der Waals surface area contributed by atoms with Gasteiger partial charge in [0.15, 0.2) is 0 Å². The molecule has 2 rings (SSSR count). The first-order valence-electron chi connectivity index (χ1n) is 6.67. The van der Waals surface area contributed by atoms with Crippen LogP contribution in [0.5, 0.6) is 5.75 Å². The van der Waals surface area contributed by atoms with Gasteiger partial charge in [-0.05, 0) is 23.6 Å². The van der Waals surface area contributed by atoms with E-state index in [2.05, 4.69) is 29.5 Å². The highest BCUT2D eigenvalue weighted by Crippen LogP contribution is 2.20. The lowest BCUT2D eigenvalue weighted by Crippen LogP contribution is -2.19. The molecule has 0 saturated carbocycles. The van der Waals surface area contributed by atoms with Crippen LogP contribution in [-0.2, 0) is 13.2 Å². The summed E-state index contributed by atoms with van der Waals surface area (Å²) < 4.78 is 5.71. The standard InChI is InChI=1S/C15H18N2O3S/c1-10(2)13-9-21-14(17-13)8-20-12-5-3-4-11(6-12)7-16-15(18)19/h3-6,9-10,16H,7-8H2,1-2H3,(H,18,19). The Morgan fingerprint density at radius 1 is 1.48 bits per heavy atom. The average molecular weight is 306 g/mol. The quantitative estimate of drug-likeness (QED) is 0.855. The van der Waals surface area contributed by atoms with E-state index in [-0.39, 0.29) is 6.54 Å². The molecule has 0 spiro atoms. The molecule has 0 fully saturated rings. The molecule has 5 nitrogen and oxygen atoms in total. The molecule has 1 aromatic carbocycles. The summed E-state index contributed by atoms with van der Waals surface area (Å²) in [5.74, 6) is 1.13. The van der Waals surface area contributed by atoms with Gasteiger partial charge in [0.2, 0.25) is 0 Å². The highest BCUT2D eigenvalue weighted by molar-refractivity contribution is 7.09. The lowest BCUT2D eigenvalue weighted by molar-refractivity contribution is 0.194. The van der Waals surface area contributed by atoms with Crippen LogP contribution in [0, 0.1) is 0 Å². The van der Waals surface area contributed by atoms with E-state index in [1.165, 1.54) is 0 Å². The van der Waals surface area contributed by atoms with Crippen molar-refractivity contribution < 1.29 is 14.6 Å². The third-order valence-electron chi connectivity index (χ3n) is 2.87. The maximum absolute atomic E-state index is 10.5. The Morgan fingerprint density at radius 3 is 2.95 bits per heavy atom. The number of rotatable bonds is 6.